The van der Waals surface area contributed by atoms with E-state index >= 15 is 0 Å². The summed E-state index contributed by atoms with van der Waals surface area (Å²) in [6.45, 7) is 0. The second-order valence-corrected chi connectivity index (χ2v) is 4.88. The van der Waals surface area contributed by atoms with Crippen molar-refractivity contribution in [1.29, 1.82) is 0 Å². The third-order valence-corrected chi connectivity index (χ3v) is 3.83. The van der Waals surface area contributed by atoms with Crippen LogP contribution in [-0.2, 0) is 4.74 Å². The summed E-state index contributed by atoms with van der Waals surface area (Å²) >= 11 is 18.2. The number of cyclic esters (lactones) is 2. The number of halogens is 3. The van der Waals surface area contributed by atoms with Gasteiger partial charge in [-0.1, -0.05) is 46.9 Å². The molecule has 0 spiro atoms. The Bertz CT molecular complexity index is 737. The van der Waals surface area contributed by atoms with Crippen LogP contribution in [0.2, 0.25) is 15.1 Å². The van der Waals surface area contributed by atoms with Gasteiger partial charge in [0, 0.05) is 15.8 Å². The van der Waals surface area contributed by atoms with Crippen molar-refractivity contribution < 1.29 is 14.3 Å². The largest absolute Gasteiger partial charge is 0.386 e. The smallest absolute Gasteiger partial charge is 0.349 e. The van der Waals surface area contributed by atoms with Gasteiger partial charge in [0.15, 0.2) is 0 Å². The van der Waals surface area contributed by atoms with Gasteiger partial charge in [0.25, 0.3) is 0 Å². The summed E-state index contributed by atoms with van der Waals surface area (Å²) in [6.07, 6.45) is 0. The Hall–Kier alpha value is -1.29. The van der Waals surface area contributed by atoms with Gasteiger partial charge >= 0.3 is 11.9 Å². The van der Waals surface area contributed by atoms with Crippen molar-refractivity contribution in [2.45, 2.75) is 0 Å². The molecule has 0 amide bonds. The van der Waals surface area contributed by atoms with Gasteiger partial charge in [-0.15, -0.1) is 0 Å². The van der Waals surface area contributed by atoms with E-state index in [2.05, 4.69) is 4.74 Å². The second kappa shape index (κ2) is 3.85. The molecule has 2 aromatic carbocycles. The van der Waals surface area contributed by atoms with Gasteiger partial charge < -0.3 is 4.74 Å². The second-order valence-electron chi connectivity index (χ2n) is 3.72. The minimum Gasteiger partial charge on any atom is -0.386 e. The molecule has 0 saturated carbocycles. The number of carbonyl (C=O) groups excluding carboxylic acids is 2. The quantitative estimate of drug-likeness (QED) is 0.543. The van der Waals surface area contributed by atoms with Crippen molar-refractivity contribution in [3.63, 3.8) is 0 Å². The van der Waals surface area contributed by atoms with Crippen molar-refractivity contribution in [2.24, 2.45) is 0 Å². The summed E-state index contributed by atoms with van der Waals surface area (Å²) in [5, 5.41) is 1.36. The highest BCUT2D eigenvalue weighted by molar-refractivity contribution is 6.49. The Kier molecular flexibility index (Phi) is 2.52. The molecular formula is C12H3Cl3O3. The van der Waals surface area contributed by atoms with Crippen LogP contribution in [0.15, 0.2) is 18.2 Å². The summed E-state index contributed by atoms with van der Waals surface area (Å²) in [5.41, 5.74) is 0.0988. The molecule has 1 aliphatic heterocycles. The first kappa shape index (κ1) is 11.8. The zero-order valence-electron chi connectivity index (χ0n) is 8.59. The minimum atomic E-state index is -0.857. The molecule has 1 aliphatic rings. The third kappa shape index (κ3) is 1.38. The molecule has 0 atom stereocenters. The molecule has 2 bridgehead atoms. The van der Waals surface area contributed by atoms with E-state index in [4.69, 9.17) is 34.8 Å². The fourth-order valence-electron chi connectivity index (χ4n) is 1.99. The van der Waals surface area contributed by atoms with E-state index in [-0.39, 0.29) is 21.2 Å². The zero-order valence-corrected chi connectivity index (χ0v) is 10.9. The SMILES string of the molecule is O=C1OC(=O)c2c(Cl)c1c(Cl)c1c(Cl)cccc21. The van der Waals surface area contributed by atoms with Crippen molar-refractivity contribution in [1.82, 2.24) is 0 Å². The van der Waals surface area contributed by atoms with Crippen molar-refractivity contribution in [3.8, 4) is 0 Å². The molecule has 1 heterocycles. The molecular weight excluding hydrogens is 298 g/mol. The highest BCUT2D eigenvalue weighted by Gasteiger charge is 2.34. The molecule has 2 aromatic rings. The van der Waals surface area contributed by atoms with Crippen LogP contribution in [0.5, 0.6) is 0 Å². The molecule has 90 valence electrons. The van der Waals surface area contributed by atoms with Crippen molar-refractivity contribution in [2.75, 3.05) is 0 Å². The minimum absolute atomic E-state index is 0.0102. The summed E-state index contributed by atoms with van der Waals surface area (Å²) in [6, 6.07) is 4.93. The number of esters is 2. The number of rotatable bonds is 0. The van der Waals surface area contributed by atoms with Crippen LogP contribution in [0.3, 0.4) is 0 Å². The first-order valence-electron chi connectivity index (χ1n) is 4.88. The molecule has 0 saturated heterocycles. The maximum atomic E-state index is 11.7. The Morgan fingerprint density at radius 1 is 0.889 bits per heavy atom. The molecule has 18 heavy (non-hydrogen) atoms. The molecule has 0 unspecified atom stereocenters. The Morgan fingerprint density at radius 2 is 1.56 bits per heavy atom. The van der Waals surface area contributed by atoms with E-state index < -0.39 is 11.9 Å². The van der Waals surface area contributed by atoms with Gasteiger partial charge in [-0.3, -0.25) is 0 Å². The highest BCUT2D eigenvalue weighted by atomic mass is 35.5. The number of hydrogen-bond acceptors (Lipinski definition) is 3. The lowest BCUT2D eigenvalue weighted by molar-refractivity contribution is 0.0387. The monoisotopic (exact) mass is 300 g/mol. The lowest BCUT2D eigenvalue weighted by atomic mass is 9.98. The lowest BCUT2D eigenvalue weighted by Gasteiger charge is -2.19. The normalized spacial score (nSPS) is 13.9. The van der Waals surface area contributed by atoms with Crippen molar-refractivity contribution in [3.05, 3.63) is 44.4 Å². The molecule has 0 aromatic heterocycles. The number of fused-ring (bicyclic) bond motifs is 4. The van der Waals surface area contributed by atoms with E-state index in [0.717, 1.165) is 0 Å². The predicted molar refractivity (Wildman–Crippen MR) is 68.7 cm³/mol. The first-order chi connectivity index (χ1) is 8.52. The van der Waals surface area contributed by atoms with Crippen LogP contribution in [0, 0.1) is 0 Å². The summed E-state index contributed by atoms with van der Waals surface area (Å²) in [5.74, 6) is -1.65. The first-order valence-corrected chi connectivity index (χ1v) is 6.01. The van der Waals surface area contributed by atoms with E-state index in [1.54, 1.807) is 18.2 Å². The Labute approximate surface area is 116 Å². The van der Waals surface area contributed by atoms with Gasteiger partial charge in [-0.25, -0.2) is 9.59 Å². The van der Waals surface area contributed by atoms with E-state index in [9.17, 15) is 9.59 Å². The highest BCUT2D eigenvalue weighted by Crippen LogP contribution is 2.42. The van der Waals surface area contributed by atoms with Crippen LogP contribution in [-0.4, -0.2) is 11.9 Å². The van der Waals surface area contributed by atoms with Gasteiger partial charge in [0.1, 0.15) is 0 Å². The Morgan fingerprint density at radius 3 is 2.28 bits per heavy atom. The standard InChI is InChI=1S/C12H3Cl3O3/c13-5-3-1-2-4-6(5)9(14)8-10(15)7(4)11(16)18-12(8)17/h1-3H. The molecule has 0 fully saturated rings. The summed E-state index contributed by atoms with van der Waals surface area (Å²) < 4.78 is 4.59. The average Bonchev–Trinajstić information content (AvgIpc) is 2.27. The number of hydrogen-bond donors (Lipinski definition) is 0. The number of benzene rings is 2. The topological polar surface area (TPSA) is 43.4 Å². The van der Waals surface area contributed by atoms with E-state index in [1.165, 1.54) is 0 Å². The van der Waals surface area contributed by atoms with E-state index in [1.807, 2.05) is 0 Å². The number of carbonyl (C=O) groups is 2. The van der Waals surface area contributed by atoms with Crippen LogP contribution in [0.4, 0.5) is 0 Å². The van der Waals surface area contributed by atoms with Gasteiger partial charge in [0.2, 0.25) is 0 Å². The fourth-order valence-corrected chi connectivity index (χ4v) is 3.08. The lowest BCUT2D eigenvalue weighted by Crippen LogP contribution is -2.21. The summed E-state index contributed by atoms with van der Waals surface area (Å²) in [4.78, 5) is 23.3. The zero-order chi connectivity index (χ0) is 13.0. The molecule has 0 aliphatic carbocycles. The van der Waals surface area contributed by atoms with Gasteiger partial charge in [-0.2, -0.15) is 0 Å². The van der Waals surface area contributed by atoms with Crippen LogP contribution in [0.25, 0.3) is 10.8 Å². The molecule has 6 heteroatoms. The van der Waals surface area contributed by atoms with E-state index in [0.29, 0.717) is 15.8 Å². The predicted octanol–water partition coefficient (Wildman–Crippen LogP) is 4.11. The average molecular weight is 302 g/mol. The van der Waals surface area contributed by atoms with Gasteiger partial charge in [0.05, 0.1) is 21.2 Å². The maximum Gasteiger partial charge on any atom is 0.349 e. The molecule has 3 rings (SSSR count). The van der Waals surface area contributed by atoms with Crippen LogP contribution in [0.1, 0.15) is 20.7 Å². The van der Waals surface area contributed by atoms with Gasteiger partial charge in [-0.05, 0) is 6.07 Å². The Balaban J connectivity index is 2.64. The van der Waals surface area contributed by atoms with Crippen LogP contribution < -0.4 is 0 Å². The molecule has 0 radical (unpaired) electrons. The fraction of sp³-hybridized carbons (Fsp3) is 0. The molecule has 3 nitrogen and oxygen atoms in total. The summed E-state index contributed by atoms with van der Waals surface area (Å²) in [7, 11) is 0. The maximum absolute atomic E-state index is 11.7. The molecule has 0 N–H and O–H groups in total. The van der Waals surface area contributed by atoms with Crippen LogP contribution >= 0.6 is 34.8 Å². The third-order valence-electron chi connectivity index (χ3n) is 2.75. The number of ether oxygens (including phenoxy) is 1. The van der Waals surface area contributed by atoms with Crippen molar-refractivity contribution >= 4 is 57.5 Å².